The molecule has 0 spiro atoms. The molecule has 3 heterocycles. The summed E-state index contributed by atoms with van der Waals surface area (Å²) < 4.78 is 1.66. The number of aromatic nitrogens is 3. The van der Waals surface area contributed by atoms with Crippen LogP contribution in [0.2, 0.25) is 0 Å². The van der Waals surface area contributed by atoms with E-state index in [0.29, 0.717) is 23.8 Å². The number of fused-ring (bicyclic) bond motifs is 2. The van der Waals surface area contributed by atoms with Gasteiger partial charge in [-0.2, -0.15) is 0 Å². The van der Waals surface area contributed by atoms with Crippen LogP contribution in [0.1, 0.15) is 41.6 Å². The van der Waals surface area contributed by atoms with E-state index in [1.165, 1.54) is 29.5 Å². The second-order valence-electron chi connectivity index (χ2n) is 6.82. The molecule has 1 atom stereocenters. The second-order valence-corrected chi connectivity index (χ2v) is 8.89. The Bertz CT molecular complexity index is 895. The minimum absolute atomic E-state index is 0.00953. The fourth-order valence-electron chi connectivity index (χ4n) is 3.57. The van der Waals surface area contributed by atoms with Gasteiger partial charge in [-0.1, -0.05) is 18.7 Å². The first-order valence-corrected chi connectivity index (χ1v) is 10.9. The number of rotatable bonds is 3. The molecule has 6 nitrogen and oxygen atoms in total. The summed E-state index contributed by atoms with van der Waals surface area (Å²) in [5.41, 5.74) is 2.67. The van der Waals surface area contributed by atoms with Crippen LogP contribution in [0.5, 0.6) is 0 Å². The Labute approximate surface area is 160 Å². The van der Waals surface area contributed by atoms with Crippen molar-refractivity contribution in [2.24, 2.45) is 5.92 Å². The van der Waals surface area contributed by atoms with E-state index in [2.05, 4.69) is 15.3 Å². The van der Waals surface area contributed by atoms with E-state index in [1.807, 2.05) is 13.8 Å². The van der Waals surface area contributed by atoms with E-state index >= 15 is 0 Å². The van der Waals surface area contributed by atoms with Gasteiger partial charge in [-0.3, -0.25) is 14.2 Å². The summed E-state index contributed by atoms with van der Waals surface area (Å²) in [5, 5.41) is 4.39. The van der Waals surface area contributed by atoms with Gasteiger partial charge in [0.2, 0.25) is 5.91 Å². The summed E-state index contributed by atoms with van der Waals surface area (Å²) in [5.74, 6) is 0.328. The zero-order valence-electron chi connectivity index (χ0n) is 15.0. The first-order chi connectivity index (χ1) is 12.6. The van der Waals surface area contributed by atoms with Crippen LogP contribution in [0.3, 0.4) is 0 Å². The maximum atomic E-state index is 12.7. The number of nitrogens with one attached hydrogen (secondary N) is 1. The first kappa shape index (κ1) is 17.7. The lowest BCUT2D eigenvalue weighted by Gasteiger charge is -2.24. The number of thioether (sulfide) groups is 1. The summed E-state index contributed by atoms with van der Waals surface area (Å²) in [6.07, 6.45) is 5.11. The van der Waals surface area contributed by atoms with Gasteiger partial charge in [0.15, 0.2) is 10.3 Å². The van der Waals surface area contributed by atoms with Gasteiger partial charge in [-0.15, -0.1) is 11.3 Å². The molecule has 0 saturated carbocycles. The van der Waals surface area contributed by atoms with Crippen molar-refractivity contribution >= 4 is 34.1 Å². The lowest BCUT2D eigenvalue weighted by molar-refractivity contribution is -0.119. The highest BCUT2D eigenvalue weighted by molar-refractivity contribution is 7.99. The molecule has 0 bridgehead atoms. The molecule has 0 aromatic carbocycles. The van der Waals surface area contributed by atoms with Gasteiger partial charge in [0, 0.05) is 28.4 Å². The Morgan fingerprint density at radius 2 is 2.12 bits per heavy atom. The zero-order chi connectivity index (χ0) is 18.3. The summed E-state index contributed by atoms with van der Waals surface area (Å²) >= 11 is 3.08. The number of hydrogen-bond donors (Lipinski definition) is 1. The van der Waals surface area contributed by atoms with Crippen molar-refractivity contribution in [3.05, 3.63) is 32.2 Å². The molecule has 4 rings (SSSR count). The molecular weight excluding hydrogens is 368 g/mol. The average molecular weight is 391 g/mol. The molecule has 1 aliphatic carbocycles. The molecule has 1 aliphatic heterocycles. The maximum absolute atomic E-state index is 12.7. The number of carbonyl (C=O) groups excluding carboxylic acids is 1. The van der Waals surface area contributed by atoms with Gasteiger partial charge in [0.05, 0.1) is 11.6 Å². The van der Waals surface area contributed by atoms with Crippen molar-refractivity contribution < 1.29 is 4.79 Å². The monoisotopic (exact) mass is 390 g/mol. The highest BCUT2D eigenvalue weighted by atomic mass is 32.2. The number of anilines is 1. The topological polar surface area (TPSA) is 76.9 Å². The van der Waals surface area contributed by atoms with E-state index in [1.54, 1.807) is 15.9 Å². The number of nitrogens with zero attached hydrogens (tertiary/aromatic N) is 3. The molecule has 2 aromatic rings. The SMILES string of the molecule is CCc1c(C)nc2n(c1=O)C[C@@H](C(=O)Nc1nc3c(s1)CCCC3)CS2. The normalized spacial score (nSPS) is 18.9. The molecule has 138 valence electrons. The minimum Gasteiger partial charge on any atom is -0.302 e. The van der Waals surface area contributed by atoms with Gasteiger partial charge in [-0.25, -0.2) is 9.97 Å². The van der Waals surface area contributed by atoms with E-state index in [9.17, 15) is 9.59 Å². The van der Waals surface area contributed by atoms with Crippen LogP contribution in [0.25, 0.3) is 0 Å². The molecule has 0 radical (unpaired) electrons. The molecule has 8 heteroatoms. The third kappa shape index (κ3) is 3.20. The van der Waals surface area contributed by atoms with Gasteiger partial charge in [0.1, 0.15) is 0 Å². The molecule has 1 amide bonds. The molecule has 26 heavy (non-hydrogen) atoms. The molecule has 1 N–H and O–H groups in total. The Kier molecular flexibility index (Phi) is 4.88. The quantitative estimate of drug-likeness (QED) is 0.816. The van der Waals surface area contributed by atoms with E-state index in [0.717, 1.165) is 34.9 Å². The highest BCUT2D eigenvalue weighted by Crippen LogP contribution is 2.31. The summed E-state index contributed by atoms with van der Waals surface area (Å²) in [4.78, 5) is 35.9. The van der Waals surface area contributed by atoms with Crippen LogP contribution in [0.4, 0.5) is 5.13 Å². The molecule has 0 saturated heterocycles. The van der Waals surface area contributed by atoms with Crippen molar-refractivity contribution in [1.82, 2.24) is 14.5 Å². The van der Waals surface area contributed by atoms with Crippen LogP contribution in [-0.2, 0) is 30.6 Å². The predicted octanol–water partition coefficient (Wildman–Crippen LogP) is 2.81. The lowest BCUT2D eigenvalue weighted by atomic mass is 10.0. The molecule has 0 unspecified atom stereocenters. The number of carbonyl (C=O) groups is 1. The van der Waals surface area contributed by atoms with E-state index < -0.39 is 0 Å². The van der Waals surface area contributed by atoms with Gasteiger partial charge < -0.3 is 5.32 Å². The third-order valence-corrected chi connectivity index (χ3v) is 7.26. The Morgan fingerprint density at radius 3 is 2.88 bits per heavy atom. The Hall–Kier alpha value is -1.67. The van der Waals surface area contributed by atoms with Crippen molar-refractivity contribution in [3.8, 4) is 0 Å². The fraction of sp³-hybridized carbons (Fsp3) is 0.556. The number of thiazole rings is 1. The average Bonchev–Trinajstić information content (AvgIpc) is 3.04. The molecule has 2 aromatic heterocycles. The maximum Gasteiger partial charge on any atom is 0.257 e. The Morgan fingerprint density at radius 1 is 1.31 bits per heavy atom. The van der Waals surface area contributed by atoms with Crippen molar-refractivity contribution in [2.45, 2.75) is 57.7 Å². The smallest absolute Gasteiger partial charge is 0.257 e. The number of aryl methyl sites for hydroxylation is 3. The highest BCUT2D eigenvalue weighted by Gasteiger charge is 2.29. The van der Waals surface area contributed by atoms with Gasteiger partial charge >= 0.3 is 0 Å². The van der Waals surface area contributed by atoms with Crippen molar-refractivity contribution in [2.75, 3.05) is 11.1 Å². The Balaban J connectivity index is 1.52. The predicted molar refractivity (Wildman–Crippen MR) is 104 cm³/mol. The third-order valence-electron chi connectivity index (χ3n) is 5.05. The number of hydrogen-bond acceptors (Lipinski definition) is 6. The van der Waals surface area contributed by atoms with Gasteiger partial charge in [0.25, 0.3) is 5.56 Å². The van der Waals surface area contributed by atoms with Crippen LogP contribution >= 0.6 is 23.1 Å². The van der Waals surface area contributed by atoms with Crippen LogP contribution < -0.4 is 10.9 Å². The summed E-state index contributed by atoms with van der Waals surface area (Å²) in [7, 11) is 0. The van der Waals surface area contributed by atoms with Crippen LogP contribution in [0, 0.1) is 12.8 Å². The molecule has 2 aliphatic rings. The van der Waals surface area contributed by atoms with E-state index in [4.69, 9.17) is 0 Å². The van der Waals surface area contributed by atoms with Crippen molar-refractivity contribution in [1.29, 1.82) is 0 Å². The first-order valence-electron chi connectivity index (χ1n) is 9.09. The number of amides is 1. The van der Waals surface area contributed by atoms with Gasteiger partial charge in [-0.05, 0) is 39.0 Å². The lowest BCUT2D eigenvalue weighted by Crippen LogP contribution is -2.38. The standard InChI is InChI=1S/C18H22N4O2S2/c1-3-12-10(2)19-18-22(16(12)24)8-11(9-25-18)15(23)21-17-20-13-6-4-5-7-14(13)26-17/h11H,3-9H2,1-2H3,(H,20,21,23)/t11-/m1/s1. The molecule has 0 fully saturated rings. The minimum atomic E-state index is -0.250. The summed E-state index contributed by atoms with van der Waals surface area (Å²) in [6, 6.07) is 0. The summed E-state index contributed by atoms with van der Waals surface area (Å²) in [6.45, 7) is 4.23. The van der Waals surface area contributed by atoms with Crippen molar-refractivity contribution in [3.63, 3.8) is 0 Å². The van der Waals surface area contributed by atoms with Crippen LogP contribution in [0.15, 0.2) is 9.95 Å². The largest absolute Gasteiger partial charge is 0.302 e. The van der Waals surface area contributed by atoms with E-state index in [-0.39, 0.29) is 17.4 Å². The van der Waals surface area contributed by atoms with Crippen LogP contribution in [-0.4, -0.2) is 26.2 Å². The second kappa shape index (κ2) is 7.15. The molecular formula is C18H22N4O2S2. The fourth-order valence-corrected chi connectivity index (χ4v) is 5.75. The zero-order valence-corrected chi connectivity index (χ0v) is 16.6.